The average Bonchev–Trinajstić information content (AvgIpc) is 1.94. The number of hydrogen-bond donors (Lipinski definition) is 3. The highest BCUT2D eigenvalue weighted by atomic mass is 32.2. The third-order valence-corrected chi connectivity index (χ3v) is 1.97. The molecule has 5 nitrogen and oxygen atoms in total. The molecule has 0 aliphatic carbocycles. The zero-order valence-corrected chi connectivity index (χ0v) is 7.93. The molecule has 13 heavy (non-hydrogen) atoms. The largest absolute Gasteiger partial charge is 0.397 e. The molecule has 0 aliphatic heterocycles. The zero-order valence-electron chi connectivity index (χ0n) is 7.11. The average molecular weight is 201 g/mol. The van der Waals surface area contributed by atoms with Crippen molar-refractivity contribution >= 4 is 21.6 Å². The molecular formula is C7H11N3O2S. The Morgan fingerprint density at radius 1 is 1.38 bits per heavy atom. The molecule has 1 rings (SSSR count). The van der Waals surface area contributed by atoms with Crippen LogP contribution in [-0.4, -0.2) is 8.42 Å². The van der Waals surface area contributed by atoms with Gasteiger partial charge in [-0.3, -0.25) is 4.72 Å². The number of benzene rings is 1. The van der Waals surface area contributed by atoms with E-state index in [1.54, 1.807) is 18.2 Å². The normalized spacial score (nSPS) is 11.2. The predicted octanol–water partition coefficient (Wildman–Crippen LogP) is 0.193. The fourth-order valence-electron chi connectivity index (χ4n) is 0.912. The molecule has 0 aliphatic rings. The minimum atomic E-state index is -3.75. The van der Waals surface area contributed by atoms with Crippen LogP contribution in [0.1, 0.15) is 5.56 Å². The van der Waals surface area contributed by atoms with Crippen LogP contribution in [0.3, 0.4) is 0 Å². The molecule has 1 aromatic rings. The number of anilines is 2. The molecule has 0 radical (unpaired) electrons. The number of nitrogens with one attached hydrogen (secondary N) is 1. The Labute approximate surface area is 76.9 Å². The van der Waals surface area contributed by atoms with Gasteiger partial charge in [-0.25, -0.2) is 5.14 Å². The van der Waals surface area contributed by atoms with Gasteiger partial charge in [-0.1, -0.05) is 6.07 Å². The molecule has 0 atom stereocenters. The third kappa shape index (κ3) is 2.92. The second kappa shape index (κ2) is 3.23. The van der Waals surface area contributed by atoms with Gasteiger partial charge < -0.3 is 5.73 Å². The van der Waals surface area contributed by atoms with Gasteiger partial charge in [0.15, 0.2) is 0 Å². The highest BCUT2D eigenvalue weighted by Crippen LogP contribution is 2.19. The molecule has 0 unspecified atom stereocenters. The highest BCUT2D eigenvalue weighted by Gasteiger charge is 2.05. The van der Waals surface area contributed by atoms with E-state index in [1.165, 1.54) is 0 Å². The first kappa shape index (κ1) is 9.82. The number of nitrogen functional groups attached to an aromatic ring is 1. The Morgan fingerprint density at radius 2 is 2.00 bits per heavy atom. The van der Waals surface area contributed by atoms with Gasteiger partial charge in [-0.05, 0) is 24.6 Å². The molecule has 0 heterocycles. The maximum Gasteiger partial charge on any atom is 0.296 e. The lowest BCUT2D eigenvalue weighted by atomic mass is 10.2. The van der Waals surface area contributed by atoms with Crippen LogP contribution in [0.15, 0.2) is 18.2 Å². The van der Waals surface area contributed by atoms with Gasteiger partial charge in [0.1, 0.15) is 0 Å². The SMILES string of the molecule is Cc1ccc(N)c(NS(N)(=O)=O)c1. The van der Waals surface area contributed by atoms with Gasteiger partial charge in [0, 0.05) is 0 Å². The summed E-state index contributed by atoms with van der Waals surface area (Å²) in [6.07, 6.45) is 0. The Balaban J connectivity index is 3.08. The van der Waals surface area contributed by atoms with E-state index in [2.05, 4.69) is 4.72 Å². The van der Waals surface area contributed by atoms with E-state index in [0.717, 1.165) is 5.56 Å². The lowest BCUT2D eigenvalue weighted by Gasteiger charge is -2.07. The van der Waals surface area contributed by atoms with E-state index >= 15 is 0 Å². The Kier molecular flexibility index (Phi) is 2.44. The molecular weight excluding hydrogens is 190 g/mol. The fraction of sp³-hybridized carbons (Fsp3) is 0.143. The lowest BCUT2D eigenvalue weighted by Crippen LogP contribution is -2.22. The lowest BCUT2D eigenvalue weighted by molar-refractivity contribution is 0.603. The molecule has 0 bridgehead atoms. The van der Waals surface area contributed by atoms with Crippen molar-refractivity contribution in [1.29, 1.82) is 0 Å². The van der Waals surface area contributed by atoms with E-state index in [0.29, 0.717) is 11.4 Å². The van der Waals surface area contributed by atoms with Crippen molar-refractivity contribution in [2.45, 2.75) is 6.92 Å². The summed E-state index contributed by atoms with van der Waals surface area (Å²) < 4.78 is 23.5. The molecule has 0 saturated carbocycles. The maximum atomic E-state index is 10.7. The first-order chi connectivity index (χ1) is 5.88. The fourth-order valence-corrected chi connectivity index (χ4v) is 1.40. The van der Waals surface area contributed by atoms with Gasteiger partial charge in [0.25, 0.3) is 10.2 Å². The first-order valence-electron chi connectivity index (χ1n) is 3.55. The highest BCUT2D eigenvalue weighted by molar-refractivity contribution is 7.90. The van der Waals surface area contributed by atoms with Gasteiger partial charge >= 0.3 is 0 Å². The van der Waals surface area contributed by atoms with Crippen LogP contribution < -0.4 is 15.6 Å². The van der Waals surface area contributed by atoms with Crippen LogP contribution >= 0.6 is 0 Å². The van der Waals surface area contributed by atoms with Crippen molar-refractivity contribution in [3.63, 3.8) is 0 Å². The summed E-state index contributed by atoms with van der Waals surface area (Å²) in [4.78, 5) is 0. The summed E-state index contributed by atoms with van der Waals surface area (Å²) in [6.45, 7) is 1.83. The van der Waals surface area contributed by atoms with Crippen molar-refractivity contribution in [3.05, 3.63) is 23.8 Å². The quantitative estimate of drug-likeness (QED) is 0.596. The molecule has 0 fully saturated rings. The smallest absolute Gasteiger partial charge is 0.296 e. The Bertz CT molecular complexity index is 414. The van der Waals surface area contributed by atoms with Gasteiger partial charge in [-0.2, -0.15) is 8.42 Å². The summed E-state index contributed by atoms with van der Waals surface area (Å²) in [7, 11) is -3.75. The number of aryl methyl sites for hydroxylation is 1. The molecule has 1 aromatic carbocycles. The molecule has 5 N–H and O–H groups in total. The summed E-state index contributed by atoms with van der Waals surface area (Å²) in [6, 6.07) is 5.01. The number of hydrogen-bond acceptors (Lipinski definition) is 3. The monoisotopic (exact) mass is 201 g/mol. The topological polar surface area (TPSA) is 98.2 Å². The van der Waals surface area contributed by atoms with Crippen LogP contribution in [-0.2, 0) is 10.2 Å². The van der Waals surface area contributed by atoms with E-state index in [-0.39, 0.29) is 0 Å². The predicted molar refractivity (Wildman–Crippen MR) is 52.3 cm³/mol. The zero-order chi connectivity index (χ0) is 10.1. The summed E-state index contributed by atoms with van der Waals surface area (Å²) in [5.41, 5.74) is 7.07. The molecule has 6 heteroatoms. The van der Waals surface area contributed by atoms with Crippen molar-refractivity contribution in [1.82, 2.24) is 0 Å². The van der Waals surface area contributed by atoms with Crippen molar-refractivity contribution in [2.75, 3.05) is 10.5 Å². The molecule has 0 spiro atoms. The van der Waals surface area contributed by atoms with E-state index in [9.17, 15) is 8.42 Å². The Morgan fingerprint density at radius 3 is 2.54 bits per heavy atom. The van der Waals surface area contributed by atoms with Crippen LogP contribution in [0.5, 0.6) is 0 Å². The third-order valence-electron chi connectivity index (χ3n) is 1.46. The molecule has 0 amide bonds. The second-order valence-corrected chi connectivity index (χ2v) is 4.03. The minimum Gasteiger partial charge on any atom is -0.397 e. The minimum absolute atomic E-state index is 0.308. The second-order valence-electron chi connectivity index (χ2n) is 2.74. The van der Waals surface area contributed by atoms with Crippen molar-refractivity contribution < 1.29 is 8.42 Å². The van der Waals surface area contributed by atoms with E-state index in [4.69, 9.17) is 10.9 Å². The van der Waals surface area contributed by atoms with E-state index < -0.39 is 10.2 Å². The number of nitrogens with two attached hydrogens (primary N) is 2. The first-order valence-corrected chi connectivity index (χ1v) is 5.10. The summed E-state index contributed by atoms with van der Waals surface area (Å²) in [5, 5.41) is 4.79. The van der Waals surface area contributed by atoms with Crippen molar-refractivity contribution in [2.24, 2.45) is 5.14 Å². The molecule has 72 valence electrons. The standard InChI is InChI=1S/C7H11N3O2S/c1-5-2-3-6(8)7(4-5)10-13(9,11)12/h2-4,10H,8H2,1H3,(H2,9,11,12). The molecule has 0 aromatic heterocycles. The van der Waals surface area contributed by atoms with E-state index in [1.807, 2.05) is 6.92 Å². The van der Waals surface area contributed by atoms with Crippen LogP contribution in [0.25, 0.3) is 0 Å². The van der Waals surface area contributed by atoms with Crippen LogP contribution in [0.2, 0.25) is 0 Å². The Hall–Kier alpha value is -1.27. The summed E-state index contributed by atoms with van der Waals surface area (Å²) >= 11 is 0. The van der Waals surface area contributed by atoms with Crippen LogP contribution in [0, 0.1) is 6.92 Å². The van der Waals surface area contributed by atoms with Crippen LogP contribution in [0.4, 0.5) is 11.4 Å². The van der Waals surface area contributed by atoms with Gasteiger partial charge in [0.05, 0.1) is 11.4 Å². The van der Waals surface area contributed by atoms with Gasteiger partial charge in [0.2, 0.25) is 0 Å². The number of rotatable bonds is 2. The molecule has 0 saturated heterocycles. The van der Waals surface area contributed by atoms with Crippen molar-refractivity contribution in [3.8, 4) is 0 Å². The maximum absolute atomic E-state index is 10.7. The van der Waals surface area contributed by atoms with Gasteiger partial charge in [-0.15, -0.1) is 0 Å². The summed E-state index contributed by atoms with van der Waals surface area (Å²) in [5.74, 6) is 0.